The summed E-state index contributed by atoms with van der Waals surface area (Å²) in [4.78, 5) is 21.5. The van der Waals surface area contributed by atoms with Gasteiger partial charge in [-0.15, -0.1) is 0 Å². The van der Waals surface area contributed by atoms with Crippen LogP contribution in [0.4, 0.5) is 0 Å². The summed E-state index contributed by atoms with van der Waals surface area (Å²) in [5.74, 6) is -0.456. The Morgan fingerprint density at radius 2 is 1.92 bits per heavy atom. The number of ether oxygens (including phenoxy) is 1. The fourth-order valence-corrected chi connectivity index (χ4v) is 0.665. The van der Waals surface area contributed by atoms with Gasteiger partial charge in [-0.05, 0) is 13.8 Å². The lowest BCUT2D eigenvalue weighted by molar-refractivity contribution is -0.148. The number of Topliss-reactive ketones (excluding diaryl/α,β-unsaturated/α-hetero) is 1. The molecule has 0 fully saturated rings. The van der Waals surface area contributed by atoms with Crippen LogP contribution in [-0.4, -0.2) is 24.4 Å². The number of ketones is 1. The van der Waals surface area contributed by atoms with Gasteiger partial charge in [-0.1, -0.05) is 0 Å². The first kappa shape index (κ1) is 11.1. The minimum Gasteiger partial charge on any atom is -0.463 e. The molecule has 0 aromatic carbocycles. The summed E-state index contributed by atoms with van der Waals surface area (Å²) >= 11 is 0. The Hall–Kier alpha value is -0.900. The van der Waals surface area contributed by atoms with E-state index in [1.54, 1.807) is 13.8 Å². The Kier molecular flexibility index (Phi) is 5.28. The smallest absolute Gasteiger partial charge is 0.306 e. The highest BCUT2D eigenvalue weighted by Gasteiger charge is 2.07. The second-order valence-electron chi connectivity index (χ2n) is 2.78. The standard InChI is InChI=1S/C8H15NO3/c1-6(2)12-8(11)4-3-7(10)5-9/h6H,3-5,9H2,1-2H3. The first-order valence-electron chi connectivity index (χ1n) is 3.97. The van der Waals surface area contributed by atoms with E-state index in [1.807, 2.05) is 0 Å². The molecule has 70 valence electrons. The van der Waals surface area contributed by atoms with Crippen LogP contribution in [-0.2, 0) is 14.3 Å². The molecule has 0 aliphatic heterocycles. The van der Waals surface area contributed by atoms with Crippen molar-refractivity contribution in [3.8, 4) is 0 Å². The molecule has 0 unspecified atom stereocenters. The van der Waals surface area contributed by atoms with E-state index in [9.17, 15) is 9.59 Å². The van der Waals surface area contributed by atoms with Gasteiger partial charge in [-0.25, -0.2) is 0 Å². The summed E-state index contributed by atoms with van der Waals surface area (Å²) in [6, 6.07) is 0. The fraction of sp³-hybridized carbons (Fsp3) is 0.750. The van der Waals surface area contributed by atoms with E-state index in [-0.39, 0.29) is 37.2 Å². The number of esters is 1. The summed E-state index contributed by atoms with van der Waals surface area (Å²) in [5, 5.41) is 0. The Labute approximate surface area is 72.1 Å². The van der Waals surface area contributed by atoms with E-state index < -0.39 is 0 Å². The first-order chi connectivity index (χ1) is 5.56. The van der Waals surface area contributed by atoms with Crippen molar-refractivity contribution in [3.05, 3.63) is 0 Å². The van der Waals surface area contributed by atoms with Gasteiger partial charge in [0.1, 0.15) is 5.78 Å². The van der Waals surface area contributed by atoms with Gasteiger partial charge in [-0.2, -0.15) is 0 Å². The molecule has 0 aromatic heterocycles. The molecular weight excluding hydrogens is 158 g/mol. The van der Waals surface area contributed by atoms with Crippen LogP contribution in [0.15, 0.2) is 0 Å². The molecule has 0 saturated carbocycles. The summed E-state index contributed by atoms with van der Waals surface area (Å²) < 4.78 is 4.81. The molecule has 0 bridgehead atoms. The van der Waals surface area contributed by atoms with Gasteiger partial charge in [0, 0.05) is 6.42 Å². The Bertz CT molecular complexity index is 166. The molecule has 0 atom stereocenters. The zero-order valence-electron chi connectivity index (χ0n) is 7.50. The largest absolute Gasteiger partial charge is 0.463 e. The van der Waals surface area contributed by atoms with Crippen LogP contribution in [0, 0.1) is 0 Å². The monoisotopic (exact) mass is 173 g/mol. The van der Waals surface area contributed by atoms with E-state index in [0.717, 1.165) is 0 Å². The number of rotatable bonds is 5. The maximum Gasteiger partial charge on any atom is 0.306 e. The second kappa shape index (κ2) is 5.71. The topological polar surface area (TPSA) is 69.4 Å². The molecule has 0 spiro atoms. The number of hydrogen-bond donors (Lipinski definition) is 1. The van der Waals surface area contributed by atoms with Gasteiger partial charge >= 0.3 is 5.97 Å². The molecule has 0 saturated heterocycles. The van der Waals surface area contributed by atoms with Crippen molar-refractivity contribution in [2.75, 3.05) is 6.54 Å². The molecule has 0 aliphatic rings. The van der Waals surface area contributed by atoms with Crippen molar-refractivity contribution in [1.82, 2.24) is 0 Å². The van der Waals surface area contributed by atoms with E-state index >= 15 is 0 Å². The molecule has 0 heterocycles. The minimum atomic E-state index is -0.341. The van der Waals surface area contributed by atoms with Gasteiger partial charge in [-0.3, -0.25) is 9.59 Å². The van der Waals surface area contributed by atoms with Crippen molar-refractivity contribution >= 4 is 11.8 Å². The molecule has 4 nitrogen and oxygen atoms in total. The first-order valence-corrected chi connectivity index (χ1v) is 3.97. The molecular formula is C8H15NO3. The third-order valence-corrected chi connectivity index (χ3v) is 1.20. The predicted molar refractivity (Wildman–Crippen MR) is 44.5 cm³/mol. The average Bonchev–Trinajstić information content (AvgIpc) is 1.99. The number of carbonyl (C=O) groups excluding carboxylic acids is 2. The predicted octanol–water partition coefficient (Wildman–Crippen LogP) is 0.246. The SMILES string of the molecule is CC(C)OC(=O)CCC(=O)CN. The fourth-order valence-electron chi connectivity index (χ4n) is 0.665. The molecule has 2 N–H and O–H groups in total. The summed E-state index contributed by atoms with van der Waals surface area (Å²) in [6.07, 6.45) is 0.196. The highest BCUT2D eigenvalue weighted by molar-refractivity contribution is 5.84. The van der Waals surface area contributed by atoms with E-state index in [0.29, 0.717) is 0 Å². The normalized spacial score (nSPS) is 10.0. The van der Waals surface area contributed by atoms with Crippen LogP contribution in [0.2, 0.25) is 0 Å². The van der Waals surface area contributed by atoms with Crippen molar-refractivity contribution < 1.29 is 14.3 Å². The lowest BCUT2D eigenvalue weighted by Gasteiger charge is -2.06. The molecule has 4 heteroatoms. The second-order valence-corrected chi connectivity index (χ2v) is 2.78. The van der Waals surface area contributed by atoms with Crippen molar-refractivity contribution in [1.29, 1.82) is 0 Å². The third-order valence-electron chi connectivity index (χ3n) is 1.20. The highest BCUT2D eigenvalue weighted by Crippen LogP contribution is 1.97. The van der Waals surface area contributed by atoms with Gasteiger partial charge < -0.3 is 10.5 Å². The average molecular weight is 173 g/mol. The molecule has 0 aliphatic carbocycles. The number of hydrogen-bond acceptors (Lipinski definition) is 4. The zero-order chi connectivity index (χ0) is 9.56. The summed E-state index contributed by atoms with van der Waals surface area (Å²) in [5.41, 5.74) is 5.06. The molecule has 12 heavy (non-hydrogen) atoms. The third kappa shape index (κ3) is 5.85. The maximum absolute atomic E-state index is 10.9. The van der Waals surface area contributed by atoms with Gasteiger partial charge in [0.15, 0.2) is 0 Å². The minimum absolute atomic E-state index is 0.00500. The molecule has 0 rings (SSSR count). The van der Waals surface area contributed by atoms with Crippen LogP contribution in [0.5, 0.6) is 0 Å². The van der Waals surface area contributed by atoms with Crippen LogP contribution in [0.1, 0.15) is 26.7 Å². The van der Waals surface area contributed by atoms with Crippen LogP contribution in [0.25, 0.3) is 0 Å². The van der Waals surface area contributed by atoms with E-state index in [2.05, 4.69) is 0 Å². The molecule has 0 radical (unpaired) electrons. The van der Waals surface area contributed by atoms with Crippen LogP contribution >= 0.6 is 0 Å². The Balaban J connectivity index is 3.51. The van der Waals surface area contributed by atoms with Crippen LogP contribution < -0.4 is 5.73 Å². The van der Waals surface area contributed by atoms with Gasteiger partial charge in [0.05, 0.1) is 19.1 Å². The maximum atomic E-state index is 10.9. The Morgan fingerprint density at radius 3 is 2.33 bits per heavy atom. The highest BCUT2D eigenvalue weighted by atomic mass is 16.5. The Morgan fingerprint density at radius 1 is 1.33 bits per heavy atom. The number of carbonyl (C=O) groups is 2. The summed E-state index contributed by atoms with van der Waals surface area (Å²) in [6.45, 7) is 3.53. The number of nitrogens with two attached hydrogens (primary N) is 1. The van der Waals surface area contributed by atoms with Crippen LogP contribution in [0.3, 0.4) is 0 Å². The van der Waals surface area contributed by atoms with E-state index in [4.69, 9.17) is 10.5 Å². The summed E-state index contributed by atoms with van der Waals surface area (Å²) in [7, 11) is 0. The van der Waals surface area contributed by atoms with Crippen molar-refractivity contribution in [2.24, 2.45) is 5.73 Å². The zero-order valence-corrected chi connectivity index (χ0v) is 7.50. The van der Waals surface area contributed by atoms with Gasteiger partial charge in [0.2, 0.25) is 0 Å². The lowest BCUT2D eigenvalue weighted by Crippen LogP contribution is -2.17. The molecule has 0 amide bonds. The molecule has 0 aromatic rings. The quantitative estimate of drug-likeness (QED) is 0.605. The van der Waals surface area contributed by atoms with Gasteiger partial charge in [0.25, 0.3) is 0 Å². The van der Waals surface area contributed by atoms with Crippen molar-refractivity contribution in [2.45, 2.75) is 32.8 Å². The lowest BCUT2D eigenvalue weighted by atomic mass is 10.2. The van der Waals surface area contributed by atoms with E-state index in [1.165, 1.54) is 0 Å². The van der Waals surface area contributed by atoms with Crippen molar-refractivity contribution in [3.63, 3.8) is 0 Å².